The number of carbonyl (C=O) groups excluding carboxylic acids is 1. The van der Waals surface area contributed by atoms with E-state index in [9.17, 15) is 9.90 Å². The summed E-state index contributed by atoms with van der Waals surface area (Å²) in [5, 5.41) is 17.4. The molecule has 0 aromatic carbocycles. The van der Waals surface area contributed by atoms with Gasteiger partial charge in [-0.05, 0) is 41.1 Å². The molecule has 3 heterocycles. The van der Waals surface area contributed by atoms with Crippen molar-refractivity contribution in [3.8, 4) is 0 Å². The van der Waals surface area contributed by atoms with Crippen LogP contribution in [0.5, 0.6) is 0 Å². The fraction of sp³-hybridized carbons (Fsp3) is 0.118. The van der Waals surface area contributed by atoms with Crippen LogP contribution in [-0.2, 0) is 10.4 Å². The van der Waals surface area contributed by atoms with E-state index in [0.29, 0.717) is 11.3 Å². The molecule has 3 rings (SSSR count). The first kappa shape index (κ1) is 15.3. The van der Waals surface area contributed by atoms with E-state index in [1.807, 2.05) is 10.8 Å². The second-order valence-electron chi connectivity index (χ2n) is 4.96. The third-order valence-electron chi connectivity index (χ3n) is 3.42. The molecule has 0 saturated carbocycles. The van der Waals surface area contributed by atoms with E-state index < -0.39 is 5.60 Å². The van der Waals surface area contributed by atoms with Crippen molar-refractivity contribution in [2.75, 3.05) is 6.54 Å². The number of thiophene rings is 1. The van der Waals surface area contributed by atoms with Crippen molar-refractivity contribution in [1.29, 1.82) is 0 Å². The van der Waals surface area contributed by atoms with Crippen LogP contribution in [0.1, 0.15) is 16.9 Å². The minimum Gasteiger partial charge on any atom is -0.472 e. The topological polar surface area (TPSA) is 75.6 Å². The largest absolute Gasteiger partial charge is 0.472 e. The molecule has 0 aliphatic carbocycles. The highest BCUT2D eigenvalue weighted by Gasteiger charge is 2.35. The number of rotatable bonds is 6. The van der Waals surface area contributed by atoms with E-state index in [2.05, 4.69) is 5.32 Å². The number of furan rings is 2. The lowest BCUT2D eigenvalue weighted by molar-refractivity contribution is -0.117. The lowest BCUT2D eigenvalue weighted by Gasteiger charge is -2.25. The highest BCUT2D eigenvalue weighted by atomic mass is 32.1. The average molecular weight is 329 g/mol. The smallest absolute Gasteiger partial charge is 0.244 e. The predicted octanol–water partition coefficient (Wildman–Crippen LogP) is 3.00. The fourth-order valence-electron chi connectivity index (χ4n) is 2.16. The van der Waals surface area contributed by atoms with Crippen LogP contribution >= 0.6 is 11.3 Å². The number of hydrogen-bond acceptors (Lipinski definition) is 5. The molecule has 0 bridgehead atoms. The van der Waals surface area contributed by atoms with Crippen molar-refractivity contribution in [2.45, 2.75) is 5.60 Å². The van der Waals surface area contributed by atoms with E-state index in [-0.39, 0.29) is 12.5 Å². The molecule has 5 nitrogen and oxygen atoms in total. The molecular formula is C17H15NO4S. The summed E-state index contributed by atoms with van der Waals surface area (Å²) >= 11 is 1.47. The Morgan fingerprint density at radius 3 is 2.91 bits per heavy atom. The third kappa shape index (κ3) is 3.44. The van der Waals surface area contributed by atoms with Crippen molar-refractivity contribution < 1.29 is 18.7 Å². The van der Waals surface area contributed by atoms with Crippen molar-refractivity contribution in [2.24, 2.45) is 0 Å². The van der Waals surface area contributed by atoms with Gasteiger partial charge in [-0.25, -0.2) is 0 Å². The summed E-state index contributed by atoms with van der Waals surface area (Å²) in [7, 11) is 0. The monoisotopic (exact) mass is 329 g/mol. The zero-order valence-electron chi connectivity index (χ0n) is 12.1. The highest BCUT2D eigenvalue weighted by molar-refractivity contribution is 7.08. The van der Waals surface area contributed by atoms with E-state index in [0.717, 1.165) is 5.56 Å². The van der Waals surface area contributed by atoms with Gasteiger partial charge in [0.25, 0.3) is 0 Å². The van der Waals surface area contributed by atoms with Crippen molar-refractivity contribution in [1.82, 2.24) is 5.32 Å². The van der Waals surface area contributed by atoms with Crippen LogP contribution in [0, 0.1) is 0 Å². The fourth-order valence-corrected chi connectivity index (χ4v) is 2.88. The molecule has 6 heteroatoms. The molecule has 1 amide bonds. The summed E-state index contributed by atoms with van der Waals surface area (Å²) in [6.07, 6.45) is 7.59. The van der Waals surface area contributed by atoms with Gasteiger partial charge in [0.2, 0.25) is 5.91 Å². The van der Waals surface area contributed by atoms with Gasteiger partial charge in [0.15, 0.2) is 5.60 Å². The zero-order valence-corrected chi connectivity index (χ0v) is 13.0. The summed E-state index contributed by atoms with van der Waals surface area (Å²) in [6, 6.07) is 6.94. The van der Waals surface area contributed by atoms with Gasteiger partial charge in [0, 0.05) is 17.2 Å². The minimum atomic E-state index is -1.40. The maximum Gasteiger partial charge on any atom is 0.244 e. The number of nitrogens with one attached hydrogen (secondary N) is 1. The Bertz CT molecular complexity index is 724. The second-order valence-corrected chi connectivity index (χ2v) is 5.74. The lowest BCUT2D eigenvalue weighted by Crippen LogP contribution is -2.40. The first-order chi connectivity index (χ1) is 11.2. The molecule has 3 aromatic rings. The van der Waals surface area contributed by atoms with Gasteiger partial charge in [0.1, 0.15) is 5.76 Å². The molecule has 118 valence electrons. The van der Waals surface area contributed by atoms with Gasteiger partial charge in [-0.1, -0.05) is 0 Å². The molecule has 0 radical (unpaired) electrons. The summed E-state index contributed by atoms with van der Waals surface area (Å²) in [4.78, 5) is 12.0. The molecule has 0 fully saturated rings. The van der Waals surface area contributed by atoms with E-state index in [4.69, 9.17) is 8.83 Å². The first-order valence-electron chi connectivity index (χ1n) is 6.95. The maximum absolute atomic E-state index is 12.0. The van der Waals surface area contributed by atoms with Gasteiger partial charge in [-0.3, -0.25) is 4.79 Å². The molecule has 0 aliphatic rings. The standard InChI is InChI=1S/C17H15NO4S/c19-16(4-3-13-5-8-21-10-13)18-12-17(20,14-6-9-23-11-14)15-2-1-7-22-15/h1-11,20H,12H2,(H,18,19)/b4-3+. The SMILES string of the molecule is O=C(/C=C/c1ccoc1)NCC(O)(c1ccsc1)c1ccco1. The van der Waals surface area contributed by atoms with Gasteiger partial charge >= 0.3 is 0 Å². The molecule has 23 heavy (non-hydrogen) atoms. The van der Waals surface area contributed by atoms with Crippen molar-refractivity contribution in [3.63, 3.8) is 0 Å². The van der Waals surface area contributed by atoms with Gasteiger partial charge in [-0.15, -0.1) is 0 Å². The quantitative estimate of drug-likeness (QED) is 0.682. The van der Waals surface area contributed by atoms with Crippen LogP contribution in [0.2, 0.25) is 0 Å². The average Bonchev–Trinajstić information content (AvgIpc) is 3.33. The molecular weight excluding hydrogens is 314 g/mol. The van der Waals surface area contributed by atoms with Crippen LogP contribution in [0.15, 0.2) is 68.7 Å². The zero-order chi connectivity index (χ0) is 16.1. The van der Waals surface area contributed by atoms with Crippen LogP contribution in [0.3, 0.4) is 0 Å². The van der Waals surface area contributed by atoms with E-state index >= 15 is 0 Å². The number of aliphatic hydroxyl groups is 1. The van der Waals surface area contributed by atoms with Crippen molar-refractivity contribution >= 4 is 23.3 Å². The molecule has 0 saturated heterocycles. The molecule has 1 unspecified atom stereocenters. The normalized spacial score (nSPS) is 14.0. The number of amides is 1. The first-order valence-corrected chi connectivity index (χ1v) is 7.90. The predicted molar refractivity (Wildman–Crippen MR) is 86.8 cm³/mol. The van der Waals surface area contributed by atoms with Gasteiger partial charge in [0.05, 0.1) is 25.3 Å². The Morgan fingerprint density at radius 1 is 1.35 bits per heavy atom. The third-order valence-corrected chi connectivity index (χ3v) is 4.10. The van der Waals surface area contributed by atoms with E-state index in [1.165, 1.54) is 36.2 Å². The lowest BCUT2D eigenvalue weighted by atomic mass is 9.93. The number of hydrogen-bond donors (Lipinski definition) is 2. The molecule has 1 atom stereocenters. The van der Waals surface area contributed by atoms with Crippen LogP contribution in [0.25, 0.3) is 6.08 Å². The minimum absolute atomic E-state index is 0.00576. The molecule has 3 aromatic heterocycles. The highest BCUT2D eigenvalue weighted by Crippen LogP contribution is 2.30. The summed E-state index contributed by atoms with van der Waals surface area (Å²) in [6.45, 7) is 0.00576. The second kappa shape index (κ2) is 6.68. The summed E-state index contributed by atoms with van der Waals surface area (Å²) in [5.41, 5.74) is 0.0682. The van der Waals surface area contributed by atoms with E-state index in [1.54, 1.807) is 30.3 Å². The van der Waals surface area contributed by atoms with Gasteiger partial charge < -0.3 is 19.3 Å². The Labute approximate surface area is 136 Å². The Hall–Kier alpha value is -2.57. The van der Waals surface area contributed by atoms with Gasteiger partial charge in [-0.2, -0.15) is 11.3 Å². The summed E-state index contributed by atoms with van der Waals surface area (Å²) < 4.78 is 10.3. The van der Waals surface area contributed by atoms with Crippen LogP contribution in [0.4, 0.5) is 0 Å². The van der Waals surface area contributed by atoms with Crippen LogP contribution in [-0.4, -0.2) is 17.6 Å². The molecule has 0 spiro atoms. The Kier molecular flexibility index (Phi) is 4.45. The Balaban J connectivity index is 1.71. The number of carbonyl (C=O) groups is 1. The Morgan fingerprint density at radius 2 is 2.26 bits per heavy atom. The molecule has 2 N–H and O–H groups in total. The summed E-state index contributed by atoms with van der Waals surface area (Å²) in [5.74, 6) is 0.0708. The van der Waals surface area contributed by atoms with Crippen molar-refractivity contribution in [3.05, 3.63) is 76.8 Å². The maximum atomic E-state index is 12.0. The molecule has 0 aliphatic heterocycles. The van der Waals surface area contributed by atoms with Crippen LogP contribution < -0.4 is 5.32 Å².